The van der Waals surface area contributed by atoms with Crippen LogP contribution in [-0.2, 0) is 0 Å². The van der Waals surface area contributed by atoms with E-state index in [9.17, 15) is 0 Å². The number of rotatable bonds is 6. The van der Waals surface area contributed by atoms with E-state index in [-0.39, 0.29) is 0 Å². The van der Waals surface area contributed by atoms with Crippen LogP contribution >= 0.6 is 11.9 Å². The lowest BCUT2D eigenvalue weighted by atomic mass is 10.2. The van der Waals surface area contributed by atoms with Gasteiger partial charge >= 0.3 is 0 Å². The van der Waals surface area contributed by atoms with Gasteiger partial charge in [-0.15, -0.1) is 0 Å². The van der Waals surface area contributed by atoms with Gasteiger partial charge in [-0.05, 0) is 31.5 Å². The summed E-state index contributed by atoms with van der Waals surface area (Å²) >= 11 is 1.63. The zero-order valence-corrected chi connectivity index (χ0v) is 10.6. The first-order chi connectivity index (χ1) is 7.31. The Balaban J connectivity index is 2.77. The molecule has 0 bridgehead atoms. The van der Waals surface area contributed by atoms with Gasteiger partial charge < -0.3 is 9.62 Å². The zero-order chi connectivity index (χ0) is 11.1. The van der Waals surface area contributed by atoms with E-state index in [4.69, 9.17) is 0 Å². The number of nitrogens with one attached hydrogen (secondary N) is 1. The number of benzene rings is 1. The maximum absolute atomic E-state index is 3.26. The fourth-order valence-corrected chi connectivity index (χ4v) is 1.99. The van der Waals surface area contributed by atoms with E-state index in [0.29, 0.717) is 0 Å². The summed E-state index contributed by atoms with van der Waals surface area (Å²) in [5.41, 5.74) is 2.48. The molecule has 3 heteroatoms. The topological polar surface area (TPSA) is 15.3 Å². The van der Waals surface area contributed by atoms with Crippen LogP contribution in [0.2, 0.25) is 0 Å². The molecule has 0 radical (unpaired) electrons. The maximum atomic E-state index is 3.26. The Bertz CT molecular complexity index is 289. The van der Waals surface area contributed by atoms with Gasteiger partial charge in [-0.25, -0.2) is 0 Å². The minimum absolute atomic E-state index is 1.07. The third-order valence-electron chi connectivity index (χ3n) is 2.31. The molecule has 0 aliphatic heterocycles. The van der Waals surface area contributed by atoms with E-state index in [2.05, 4.69) is 47.7 Å². The summed E-state index contributed by atoms with van der Waals surface area (Å²) in [5.74, 6) is 0. The molecule has 0 heterocycles. The number of hydrogen-bond acceptors (Lipinski definition) is 3. The van der Waals surface area contributed by atoms with Gasteiger partial charge in [0.25, 0.3) is 0 Å². The van der Waals surface area contributed by atoms with Crippen LogP contribution in [0.25, 0.3) is 0 Å². The highest BCUT2D eigenvalue weighted by atomic mass is 32.2. The Labute approximate surface area is 97.2 Å². The average Bonchev–Trinajstić information content (AvgIpc) is 2.27. The van der Waals surface area contributed by atoms with Gasteiger partial charge in [0.15, 0.2) is 0 Å². The fourth-order valence-electron chi connectivity index (χ4n) is 1.62. The molecule has 0 amide bonds. The first-order valence-electron chi connectivity index (χ1n) is 5.45. The van der Waals surface area contributed by atoms with Crippen molar-refractivity contribution < 1.29 is 0 Å². The maximum Gasteiger partial charge on any atom is 0.0460 e. The monoisotopic (exact) mass is 224 g/mol. The van der Waals surface area contributed by atoms with Crippen LogP contribution < -0.4 is 9.62 Å². The van der Waals surface area contributed by atoms with Gasteiger partial charge in [-0.1, -0.05) is 24.9 Å². The SMILES string of the molecule is CCCN(CC)c1cccc(NSC)c1. The van der Waals surface area contributed by atoms with Crippen molar-refractivity contribution in [1.29, 1.82) is 0 Å². The smallest absolute Gasteiger partial charge is 0.0460 e. The Morgan fingerprint density at radius 2 is 2.13 bits per heavy atom. The highest BCUT2D eigenvalue weighted by Crippen LogP contribution is 2.20. The van der Waals surface area contributed by atoms with Gasteiger partial charge in [0.05, 0.1) is 0 Å². The number of anilines is 2. The van der Waals surface area contributed by atoms with E-state index in [1.165, 1.54) is 17.8 Å². The molecule has 0 spiro atoms. The van der Waals surface area contributed by atoms with Crippen molar-refractivity contribution in [3.8, 4) is 0 Å². The summed E-state index contributed by atoms with van der Waals surface area (Å²) in [6.07, 6.45) is 3.23. The highest BCUT2D eigenvalue weighted by molar-refractivity contribution is 7.99. The Morgan fingerprint density at radius 1 is 1.33 bits per heavy atom. The van der Waals surface area contributed by atoms with Gasteiger partial charge in [-0.3, -0.25) is 0 Å². The lowest BCUT2D eigenvalue weighted by Gasteiger charge is -2.22. The van der Waals surface area contributed by atoms with Crippen LogP contribution in [0, 0.1) is 0 Å². The molecule has 1 aromatic rings. The summed E-state index contributed by atoms with van der Waals surface area (Å²) in [5, 5.41) is 0. The van der Waals surface area contributed by atoms with Crippen LogP contribution in [0.4, 0.5) is 11.4 Å². The van der Waals surface area contributed by atoms with E-state index >= 15 is 0 Å². The highest BCUT2D eigenvalue weighted by Gasteiger charge is 2.02. The molecule has 0 saturated heterocycles. The van der Waals surface area contributed by atoms with Crippen LogP contribution in [0.5, 0.6) is 0 Å². The average molecular weight is 224 g/mol. The van der Waals surface area contributed by atoms with Gasteiger partial charge in [0.2, 0.25) is 0 Å². The quantitative estimate of drug-likeness (QED) is 0.743. The molecule has 0 atom stereocenters. The van der Waals surface area contributed by atoms with Crippen LogP contribution in [0.3, 0.4) is 0 Å². The van der Waals surface area contributed by atoms with Crippen molar-refractivity contribution in [3.05, 3.63) is 24.3 Å². The van der Waals surface area contributed by atoms with Crippen molar-refractivity contribution in [2.45, 2.75) is 20.3 Å². The first kappa shape index (κ1) is 12.2. The molecule has 0 fully saturated rings. The molecule has 0 aliphatic carbocycles. The molecule has 0 aromatic heterocycles. The largest absolute Gasteiger partial charge is 0.372 e. The molecule has 84 valence electrons. The second-order valence-corrected chi connectivity index (χ2v) is 4.05. The van der Waals surface area contributed by atoms with Crippen LogP contribution in [0.1, 0.15) is 20.3 Å². The molecule has 1 aromatic carbocycles. The summed E-state index contributed by atoms with van der Waals surface area (Å²) in [7, 11) is 0. The fraction of sp³-hybridized carbons (Fsp3) is 0.500. The molecule has 0 unspecified atom stereocenters. The van der Waals surface area contributed by atoms with E-state index in [1.807, 2.05) is 6.26 Å². The van der Waals surface area contributed by atoms with Crippen LogP contribution in [-0.4, -0.2) is 19.3 Å². The standard InChI is InChI=1S/C12H20N2S/c1-4-9-14(5-2)12-8-6-7-11(10-12)13-15-3/h6-8,10,13H,4-5,9H2,1-3H3. The second-order valence-electron chi connectivity index (χ2n) is 3.44. The van der Waals surface area contributed by atoms with Crippen LogP contribution in [0.15, 0.2) is 24.3 Å². The molecule has 2 nitrogen and oxygen atoms in total. The molecule has 0 aliphatic rings. The first-order valence-corrected chi connectivity index (χ1v) is 6.68. The Morgan fingerprint density at radius 3 is 2.73 bits per heavy atom. The predicted molar refractivity (Wildman–Crippen MR) is 71.8 cm³/mol. The summed E-state index contributed by atoms with van der Waals surface area (Å²) < 4.78 is 3.26. The van der Waals surface area contributed by atoms with E-state index < -0.39 is 0 Å². The molecule has 15 heavy (non-hydrogen) atoms. The normalized spacial score (nSPS) is 10.1. The van der Waals surface area contributed by atoms with Gasteiger partial charge in [0.1, 0.15) is 0 Å². The lowest BCUT2D eigenvalue weighted by molar-refractivity contribution is 0.792. The third kappa shape index (κ3) is 3.67. The van der Waals surface area contributed by atoms with Gasteiger partial charge in [0, 0.05) is 30.7 Å². The van der Waals surface area contributed by atoms with Crippen molar-refractivity contribution in [1.82, 2.24) is 0 Å². The number of nitrogens with zero attached hydrogens (tertiary/aromatic N) is 1. The summed E-state index contributed by atoms with van der Waals surface area (Å²) in [6.45, 7) is 6.60. The zero-order valence-electron chi connectivity index (χ0n) is 9.79. The van der Waals surface area contributed by atoms with Gasteiger partial charge in [-0.2, -0.15) is 0 Å². The van der Waals surface area contributed by atoms with E-state index in [0.717, 1.165) is 13.1 Å². The molecule has 1 N–H and O–H groups in total. The minimum atomic E-state index is 1.07. The minimum Gasteiger partial charge on any atom is -0.372 e. The van der Waals surface area contributed by atoms with E-state index in [1.54, 1.807) is 11.9 Å². The third-order valence-corrected chi connectivity index (χ3v) is 2.75. The van der Waals surface area contributed by atoms with Crippen molar-refractivity contribution in [2.24, 2.45) is 0 Å². The number of hydrogen-bond donors (Lipinski definition) is 1. The summed E-state index contributed by atoms with van der Waals surface area (Å²) in [6, 6.07) is 8.58. The molecule has 1 rings (SSSR count). The molecular weight excluding hydrogens is 204 g/mol. The molecular formula is C12H20N2S. The molecule has 0 saturated carbocycles. The lowest BCUT2D eigenvalue weighted by Crippen LogP contribution is -2.23. The predicted octanol–water partition coefficient (Wildman–Crippen LogP) is 3.61. The van der Waals surface area contributed by atoms with Crippen molar-refractivity contribution in [3.63, 3.8) is 0 Å². The Hall–Kier alpha value is -0.830. The second kappa shape index (κ2) is 6.62. The van der Waals surface area contributed by atoms with Crippen molar-refractivity contribution in [2.75, 3.05) is 29.0 Å². The summed E-state index contributed by atoms with van der Waals surface area (Å²) in [4.78, 5) is 2.39. The van der Waals surface area contributed by atoms with Crippen molar-refractivity contribution >= 4 is 23.3 Å². The Kier molecular flexibility index (Phi) is 5.40.